The molecule has 1 aromatic carbocycles. The van der Waals surface area contributed by atoms with Crippen LogP contribution in [-0.2, 0) is 0 Å². The number of nitrogens with one attached hydrogen (secondary N) is 2. The monoisotopic (exact) mass is 303 g/mol. The Balaban J connectivity index is 1.73. The van der Waals surface area contributed by atoms with E-state index in [4.69, 9.17) is 0 Å². The van der Waals surface area contributed by atoms with Crippen molar-refractivity contribution in [2.75, 3.05) is 13.1 Å². The fourth-order valence-electron chi connectivity index (χ4n) is 2.03. The maximum absolute atomic E-state index is 12.0. The average Bonchev–Trinajstić information content (AvgIpc) is 2.90. The van der Waals surface area contributed by atoms with Crippen LogP contribution in [0, 0.1) is 13.8 Å². The maximum atomic E-state index is 12.0. The molecule has 1 heterocycles. The molecular formula is C16H21N3OS. The highest BCUT2D eigenvalue weighted by Gasteiger charge is 2.08. The molecule has 21 heavy (non-hydrogen) atoms. The maximum Gasteiger partial charge on any atom is 0.251 e. The molecule has 1 amide bonds. The van der Waals surface area contributed by atoms with Gasteiger partial charge in [-0.3, -0.25) is 4.79 Å². The van der Waals surface area contributed by atoms with Crippen molar-refractivity contribution in [3.8, 4) is 0 Å². The van der Waals surface area contributed by atoms with Crippen molar-refractivity contribution in [2.24, 2.45) is 0 Å². The largest absolute Gasteiger partial charge is 0.351 e. The van der Waals surface area contributed by atoms with Crippen LogP contribution in [0.5, 0.6) is 0 Å². The minimum absolute atomic E-state index is 0.0261. The lowest BCUT2D eigenvalue weighted by atomic mass is 10.1. The van der Waals surface area contributed by atoms with E-state index in [-0.39, 0.29) is 11.9 Å². The third kappa shape index (κ3) is 4.65. The normalized spacial score (nSPS) is 12.1. The molecule has 0 aliphatic heterocycles. The number of aromatic nitrogens is 1. The Hall–Kier alpha value is -1.72. The van der Waals surface area contributed by atoms with Crippen molar-refractivity contribution >= 4 is 17.2 Å². The molecule has 2 aromatic rings. The zero-order valence-corrected chi connectivity index (χ0v) is 13.5. The Morgan fingerprint density at radius 1 is 1.33 bits per heavy atom. The Morgan fingerprint density at radius 2 is 2.14 bits per heavy atom. The summed E-state index contributed by atoms with van der Waals surface area (Å²) in [6.07, 6.45) is 1.91. The van der Waals surface area contributed by atoms with Crippen molar-refractivity contribution in [3.05, 3.63) is 51.5 Å². The Morgan fingerprint density at radius 3 is 2.81 bits per heavy atom. The molecule has 0 fully saturated rings. The van der Waals surface area contributed by atoms with Crippen molar-refractivity contribution < 1.29 is 4.79 Å². The topological polar surface area (TPSA) is 54.0 Å². The summed E-state index contributed by atoms with van der Waals surface area (Å²) in [6.45, 7) is 7.43. The second-order valence-corrected chi connectivity index (χ2v) is 6.35. The SMILES string of the molecule is Cc1cccc(C(=O)NCCNC(C)c2cnc(C)s2)c1. The number of thiazole rings is 1. The number of benzene rings is 1. The zero-order valence-electron chi connectivity index (χ0n) is 12.6. The van der Waals surface area contributed by atoms with E-state index in [1.54, 1.807) is 11.3 Å². The summed E-state index contributed by atoms with van der Waals surface area (Å²) in [5.74, 6) is -0.0261. The third-order valence-corrected chi connectivity index (χ3v) is 4.30. The standard InChI is InChI=1S/C16H21N3OS/c1-11-5-4-6-14(9-11)16(20)18-8-7-17-12(2)15-10-19-13(3)21-15/h4-6,9-10,12,17H,7-8H2,1-3H3,(H,18,20). The number of hydrogen-bond acceptors (Lipinski definition) is 4. The summed E-state index contributed by atoms with van der Waals surface area (Å²) in [6, 6.07) is 7.87. The van der Waals surface area contributed by atoms with Gasteiger partial charge in [-0.15, -0.1) is 11.3 Å². The quantitative estimate of drug-likeness (QED) is 0.807. The fourth-order valence-corrected chi connectivity index (χ4v) is 2.84. The summed E-state index contributed by atoms with van der Waals surface area (Å²) >= 11 is 1.70. The van der Waals surface area contributed by atoms with E-state index in [0.29, 0.717) is 12.1 Å². The molecule has 0 aliphatic carbocycles. The molecule has 1 unspecified atom stereocenters. The van der Waals surface area contributed by atoms with Gasteiger partial charge >= 0.3 is 0 Å². The first-order valence-corrected chi connectivity index (χ1v) is 7.88. The molecule has 2 N–H and O–H groups in total. The van der Waals surface area contributed by atoms with Gasteiger partial charge in [0.05, 0.1) is 5.01 Å². The van der Waals surface area contributed by atoms with Gasteiger partial charge in [0.25, 0.3) is 5.91 Å². The summed E-state index contributed by atoms with van der Waals surface area (Å²) in [5.41, 5.74) is 1.80. The summed E-state index contributed by atoms with van der Waals surface area (Å²) in [4.78, 5) is 17.4. The predicted octanol–water partition coefficient (Wildman–Crippen LogP) is 2.84. The number of hydrogen-bond donors (Lipinski definition) is 2. The molecule has 0 aliphatic rings. The van der Waals surface area contributed by atoms with Crippen molar-refractivity contribution in [1.82, 2.24) is 15.6 Å². The lowest BCUT2D eigenvalue weighted by Gasteiger charge is -2.12. The molecular weight excluding hydrogens is 282 g/mol. The molecule has 0 radical (unpaired) electrons. The van der Waals surface area contributed by atoms with Crippen LogP contribution in [0.4, 0.5) is 0 Å². The van der Waals surface area contributed by atoms with Crippen LogP contribution in [0.3, 0.4) is 0 Å². The van der Waals surface area contributed by atoms with Gasteiger partial charge in [0, 0.05) is 35.8 Å². The molecule has 4 nitrogen and oxygen atoms in total. The zero-order chi connectivity index (χ0) is 15.2. The van der Waals surface area contributed by atoms with Gasteiger partial charge in [-0.25, -0.2) is 4.98 Å². The van der Waals surface area contributed by atoms with Gasteiger partial charge in [-0.05, 0) is 32.9 Å². The van der Waals surface area contributed by atoms with Crippen molar-refractivity contribution in [2.45, 2.75) is 26.8 Å². The minimum atomic E-state index is -0.0261. The number of amides is 1. The highest BCUT2D eigenvalue weighted by atomic mass is 32.1. The minimum Gasteiger partial charge on any atom is -0.351 e. The van der Waals surface area contributed by atoms with E-state index < -0.39 is 0 Å². The summed E-state index contributed by atoms with van der Waals surface area (Å²) in [7, 11) is 0. The van der Waals surface area contributed by atoms with Gasteiger partial charge in [-0.2, -0.15) is 0 Å². The predicted molar refractivity (Wildman–Crippen MR) is 86.8 cm³/mol. The van der Waals surface area contributed by atoms with Crippen LogP contribution in [0.15, 0.2) is 30.5 Å². The number of nitrogens with zero attached hydrogens (tertiary/aromatic N) is 1. The highest BCUT2D eigenvalue weighted by molar-refractivity contribution is 7.11. The van der Waals surface area contributed by atoms with Crippen LogP contribution in [0.1, 0.15) is 38.8 Å². The van der Waals surface area contributed by atoms with Crippen LogP contribution in [-0.4, -0.2) is 24.0 Å². The number of carbonyl (C=O) groups excluding carboxylic acids is 1. The molecule has 1 aromatic heterocycles. The number of aryl methyl sites for hydroxylation is 2. The van der Waals surface area contributed by atoms with E-state index in [1.807, 2.05) is 44.3 Å². The van der Waals surface area contributed by atoms with Gasteiger partial charge in [0.2, 0.25) is 0 Å². The Bertz CT molecular complexity index is 609. The second-order valence-electron chi connectivity index (χ2n) is 5.08. The van der Waals surface area contributed by atoms with Crippen LogP contribution >= 0.6 is 11.3 Å². The van der Waals surface area contributed by atoms with Gasteiger partial charge in [0.1, 0.15) is 0 Å². The Kier molecular flexibility index (Phi) is 5.47. The van der Waals surface area contributed by atoms with E-state index in [2.05, 4.69) is 22.5 Å². The average molecular weight is 303 g/mol. The molecule has 1 atom stereocenters. The first-order valence-electron chi connectivity index (χ1n) is 7.07. The first kappa shape index (κ1) is 15.7. The van der Waals surface area contributed by atoms with Crippen LogP contribution < -0.4 is 10.6 Å². The molecule has 112 valence electrons. The van der Waals surface area contributed by atoms with Gasteiger partial charge in [-0.1, -0.05) is 17.7 Å². The Labute approximate surface area is 129 Å². The first-order chi connectivity index (χ1) is 10.1. The van der Waals surface area contributed by atoms with Crippen molar-refractivity contribution in [1.29, 1.82) is 0 Å². The van der Waals surface area contributed by atoms with E-state index >= 15 is 0 Å². The fraction of sp³-hybridized carbons (Fsp3) is 0.375. The van der Waals surface area contributed by atoms with Crippen molar-refractivity contribution in [3.63, 3.8) is 0 Å². The van der Waals surface area contributed by atoms with E-state index in [1.165, 1.54) is 4.88 Å². The van der Waals surface area contributed by atoms with E-state index in [9.17, 15) is 4.79 Å². The highest BCUT2D eigenvalue weighted by Crippen LogP contribution is 2.19. The van der Waals surface area contributed by atoms with Gasteiger partial charge in [0.15, 0.2) is 0 Å². The van der Waals surface area contributed by atoms with Gasteiger partial charge < -0.3 is 10.6 Å². The lowest BCUT2D eigenvalue weighted by Crippen LogP contribution is -2.32. The molecule has 2 rings (SSSR count). The number of carbonyl (C=O) groups is 1. The summed E-state index contributed by atoms with van der Waals surface area (Å²) in [5, 5.41) is 7.39. The van der Waals surface area contributed by atoms with Crippen LogP contribution in [0.25, 0.3) is 0 Å². The molecule has 0 saturated heterocycles. The molecule has 0 saturated carbocycles. The number of rotatable bonds is 6. The summed E-state index contributed by atoms with van der Waals surface area (Å²) < 4.78 is 0. The molecule has 5 heteroatoms. The third-order valence-electron chi connectivity index (χ3n) is 3.21. The second kappa shape index (κ2) is 7.33. The van der Waals surface area contributed by atoms with Crippen LogP contribution in [0.2, 0.25) is 0 Å². The van der Waals surface area contributed by atoms with E-state index in [0.717, 1.165) is 17.1 Å². The molecule has 0 bridgehead atoms. The smallest absolute Gasteiger partial charge is 0.251 e. The lowest BCUT2D eigenvalue weighted by molar-refractivity contribution is 0.0953. The molecule has 0 spiro atoms.